The third kappa shape index (κ3) is 1.39. The summed E-state index contributed by atoms with van der Waals surface area (Å²) in [5.74, 6) is 0. The van der Waals surface area contributed by atoms with Crippen LogP contribution >= 0.6 is 27.3 Å². The molecule has 0 saturated heterocycles. The van der Waals surface area contributed by atoms with Crippen LogP contribution in [0.2, 0.25) is 0 Å². The van der Waals surface area contributed by atoms with E-state index in [0.29, 0.717) is 0 Å². The van der Waals surface area contributed by atoms with Crippen molar-refractivity contribution in [3.63, 3.8) is 0 Å². The van der Waals surface area contributed by atoms with Gasteiger partial charge in [0.2, 0.25) is 0 Å². The molecule has 0 amide bonds. The summed E-state index contributed by atoms with van der Waals surface area (Å²) < 4.78 is 2.61. The van der Waals surface area contributed by atoms with E-state index in [0.717, 1.165) is 0 Å². The van der Waals surface area contributed by atoms with E-state index in [1.807, 2.05) is 11.3 Å². The summed E-state index contributed by atoms with van der Waals surface area (Å²) in [6.45, 7) is 4.65. The maximum atomic E-state index is 3.65. The Labute approximate surface area is 125 Å². The molecule has 0 spiro atoms. The molecule has 1 heterocycles. The monoisotopic (exact) mass is 328 g/mol. The van der Waals surface area contributed by atoms with Crippen molar-refractivity contribution in [1.29, 1.82) is 0 Å². The van der Waals surface area contributed by atoms with E-state index >= 15 is 0 Å². The number of benzene rings is 2. The first-order valence-electron chi connectivity index (χ1n) is 6.41. The molecule has 0 bridgehead atoms. The largest absolute Gasteiger partial charge is 0.142 e. The Kier molecular flexibility index (Phi) is 2.28. The van der Waals surface area contributed by atoms with E-state index in [1.54, 1.807) is 0 Å². The highest BCUT2D eigenvalue weighted by molar-refractivity contribution is 9.10. The lowest BCUT2D eigenvalue weighted by Crippen LogP contribution is -2.14. The van der Waals surface area contributed by atoms with Gasteiger partial charge in [-0.25, -0.2) is 0 Å². The molecule has 3 aromatic rings. The molecule has 0 N–H and O–H groups in total. The fraction of sp³-hybridized carbons (Fsp3) is 0.176. The summed E-state index contributed by atoms with van der Waals surface area (Å²) in [7, 11) is 0. The fourth-order valence-corrected chi connectivity index (χ4v) is 4.98. The van der Waals surface area contributed by atoms with E-state index in [9.17, 15) is 0 Å². The lowest BCUT2D eigenvalue weighted by molar-refractivity contribution is 0.661. The highest BCUT2D eigenvalue weighted by Gasteiger charge is 2.36. The Morgan fingerprint density at radius 1 is 1.00 bits per heavy atom. The number of hydrogen-bond acceptors (Lipinski definition) is 1. The maximum Gasteiger partial charge on any atom is 0.0436 e. The van der Waals surface area contributed by atoms with Gasteiger partial charge in [0.05, 0.1) is 0 Å². The van der Waals surface area contributed by atoms with Gasteiger partial charge in [-0.05, 0) is 32.6 Å². The first-order chi connectivity index (χ1) is 9.10. The first kappa shape index (κ1) is 11.7. The second-order valence-electron chi connectivity index (χ2n) is 5.62. The summed E-state index contributed by atoms with van der Waals surface area (Å²) in [6.07, 6.45) is 0. The highest BCUT2D eigenvalue weighted by atomic mass is 79.9. The van der Waals surface area contributed by atoms with Crippen LogP contribution < -0.4 is 0 Å². The fourth-order valence-electron chi connectivity index (χ4n) is 3.25. The Balaban J connectivity index is 2.22. The third-order valence-corrected chi connectivity index (χ3v) is 6.21. The molecule has 0 fully saturated rings. The standard InChI is InChI=1S/C17H13BrS/c1-17(2)12-6-4-3-5-10(12)15-13(17)8-7-11-14(18)9-19-16(11)15/h3-9H,1-2H3. The van der Waals surface area contributed by atoms with Gasteiger partial charge in [0.25, 0.3) is 0 Å². The molecule has 4 rings (SSSR count). The average Bonchev–Trinajstić information content (AvgIpc) is 2.89. The van der Waals surface area contributed by atoms with Gasteiger partial charge in [-0.15, -0.1) is 11.3 Å². The van der Waals surface area contributed by atoms with Gasteiger partial charge in [0, 0.05) is 30.9 Å². The van der Waals surface area contributed by atoms with Crippen LogP contribution in [0.25, 0.3) is 21.2 Å². The van der Waals surface area contributed by atoms with Crippen molar-refractivity contribution in [2.75, 3.05) is 0 Å². The van der Waals surface area contributed by atoms with Gasteiger partial charge in [0.15, 0.2) is 0 Å². The average molecular weight is 329 g/mol. The van der Waals surface area contributed by atoms with Crippen LogP contribution in [0.15, 0.2) is 46.3 Å². The molecule has 2 aromatic carbocycles. The predicted octanol–water partition coefficient (Wildman–Crippen LogP) is 5.97. The van der Waals surface area contributed by atoms with Crippen molar-refractivity contribution >= 4 is 37.4 Å². The Bertz CT molecular complexity index is 811. The van der Waals surface area contributed by atoms with Crippen LogP contribution in [-0.2, 0) is 5.41 Å². The van der Waals surface area contributed by atoms with Gasteiger partial charge in [0.1, 0.15) is 0 Å². The van der Waals surface area contributed by atoms with Crippen molar-refractivity contribution in [3.8, 4) is 11.1 Å². The van der Waals surface area contributed by atoms with Gasteiger partial charge in [-0.3, -0.25) is 0 Å². The molecule has 0 aliphatic heterocycles. The molecule has 0 nitrogen and oxygen atoms in total. The molecule has 0 saturated carbocycles. The van der Waals surface area contributed by atoms with Crippen LogP contribution in [0.1, 0.15) is 25.0 Å². The molecule has 1 aliphatic rings. The molecule has 0 radical (unpaired) electrons. The van der Waals surface area contributed by atoms with Crippen LogP contribution in [0, 0.1) is 0 Å². The third-order valence-electron chi connectivity index (χ3n) is 4.24. The number of fused-ring (bicyclic) bond motifs is 5. The Morgan fingerprint density at radius 3 is 2.63 bits per heavy atom. The number of hydrogen-bond donors (Lipinski definition) is 0. The quantitative estimate of drug-likeness (QED) is 0.477. The first-order valence-corrected chi connectivity index (χ1v) is 8.08. The summed E-state index contributed by atoms with van der Waals surface area (Å²) in [5.41, 5.74) is 5.85. The van der Waals surface area contributed by atoms with Crippen LogP contribution in [0.3, 0.4) is 0 Å². The van der Waals surface area contributed by atoms with E-state index in [1.165, 1.54) is 36.8 Å². The summed E-state index contributed by atoms with van der Waals surface area (Å²) in [4.78, 5) is 0. The molecule has 94 valence electrons. The second-order valence-corrected chi connectivity index (χ2v) is 7.35. The molecule has 19 heavy (non-hydrogen) atoms. The maximum absolute atomic E-state index is 3.65. The van der Waals surface area contributed by atoms with Crippen molar-refractivity contribution in [1.82, 2.24) is 0 Å². The van der Waals surface area contributed by atoms with Gasteiger partial charge < -0.3 is 0 Å². The van der Waals surface area contributed by atoms with Gasteiger partial charge in [-0.1, -0.05) is 50.2 Å². The van der Waals surface area contributed by atoms with Crippen molar-refractivity contribution < 1.29 is 0 Å². The molecular weight excluding hydrogens is 316 g/mol. The summed E-state index contributed by atoms with van der Waals surface area (Å²) >= 11 is 5.49. The topological polar surface area (TPSA) is 0 Å². The minimum absolute atomic E-state index is 0.108. The van der Waals surface area contributed by atoms with Crippen molar-refractivity contribution in [2.45, 2.75) is 19.3 Å². The summed E-state index contributed by atoms with van der Waals surface area (Å²) in [5, 5.41) is 3.52. The zero-order chi connectivity index (χ0) is 13.2. The lowest BCUT2D eigenvalue weighted by atomic mass is 9.82. The minimum atomic E-state index is 0.108. The SMILES string of the molecule is CC1(C)c2ccccc2-c2c1ccc1c(Br)csc21. The molecule has 1 aromatic heterocycles. The lowest BCUT2D eigenvalue weighted by Gasteiger charge is -2.21. The van der Waals surface area contributed by atoms with Crippen molar-refractivity contribution in [3.05, 3.63) is 57.4 Å². The van der Waals surface area contributed by atoms with Crippen LogP contribution in [0.5, 0.6) is 0 Å². The highest BCUT2D eigenvalue weighted by Crippen LogP contribution is 2.52. The van der Waals surface area contributed by atoms with E-state index in [4.69, 9.17) is 0 Å². The van der Waals surface area contributed by atoms with E-state index in [-0.39, 0.29) is 5.41 Å². The minimum Gasteiger partial charge on any atom is -0.142 e. The van der Waals surface area contributed by atoms with Gasteiger partial charge >= 0.3 is 0 Å². The summed E-state index contributed by atoms with van der Waals surface area (Å²) in [6, 6.07) is 13.4. The van der Waals surface area contributed by atoms with E-state index < -0.39 is 0 Å². The zero-order valence-corrected chi connectivity index (χ0v) is 13.2. The molecule has 0 unspecified atom stereocenters. The van der Waals surface area contributed by atoms with E-state index in [2.05, 4.69) is 71.6 Å². The Morgan fingerprint density at radius 2 is 1.79 bits per heavy atom. The Hall–Kier alpha value is -1.12. The van der Waals surface area contributed by atoms with Crippen molar-refractivity contribution in [2.24, 2.45) is 0 Å². The molecule has 0 atom stereocenters. The molecular formula is C17H13BrS. The normalized spacial score (nSPS) is 15.5. The van der Waals surface area contributed by atoms with Crippen LogP contribution in [-0.4, -0.2) is 0 Å². The molecule has 1 aliphatic carbocycles. The number of rotatable bonds is 0. The smallest absolute Gasteiger partial charge is 0.0436 e. The second kappa shape index (κ2) is 3.71. The van der Waals surface area contributed by atoms with Crippen LogP contribution in [0.4, 0.5) is 0 Å². The molecule has 2 heteroatoms. The van der Waals surface area contributed by atoms with Gasteiger partial charge in [-0.2, -0.15) is 0 Å². The number of halogens is 1. The zero-order valence-electron chi connectivity index (χ0n) is 10.8. The predicted molar refractivity (Wildman–Crippen MR) is 87.1 cm³/mol. The number of thiophene rings is 1.